The Morgan fingerprint density at radius 2 is 2.09 bits per heavy atom. The Kier molecular flexibility index (Phi) is 10.1. The predicted octanol–water partition coefficient (Wildman–Crippen LogP) is 3.61. The van der Waals surface area contributed by atoms with E-state index in [0.29, 0.717) is 12.5 Å². The Morgan fingerprint density at radius 1 is 1.41 bits per heavy atom. The highest BCUT2D eigenvalue weighted by Crippen LogP contribution is 2.19. The fourth-order valence-electron chi connectivity index (χ4n) is 1.54. The fraction of sp³-hybridized carbons (Fsp3) is 0.733. The SMILES string of the molecule is CCNC(=NCc1cc(C(C)C)no1)NCC(C)(C)SC.I. The summed E-state index contributed by atoms with van der Waals surface area (Å²) in [5.74, 6) is 1.97. The lowest BCUT2D eigenvalue weighted by Crippen LogP contribution is -2.43. The molecule has 0 amide bonds. The number of thioether (sulfide) groups is 1. The van der Waals surface area contributed by atoms with Crippen LogP contribution in [0, 0.1) is 0 Å². The number of halogens is 1. The number of nitrogens with zero attached hydrogens (tertiary/aromatic N) is 2. The molecule has 0 radical (unpaired) electrons. The average Bonchev–Trinajstić information content (AvgIpc) is 2.91. The molecule has 0 saturated carbocycles. The summed E-state index contributed by atoms with van der Waals surface area (Å²) >= 11 is 1.83. The number of aliphatic imine (C=N–C) groups is 1. The molecule has 0 aliphatic carbocycles. The minimum atomic E-state index is 0. The third-order valence-corrected chi connectivity index (χ3v) is 4.39. The lowest BCUT2D eigenvalue weighted by molar-refractivity contribution is 0.376. The summed E-state index contributed by atoms with van der Waals surface area (Å²) in [5, 5.41) is 10.7. The van der Waals surface area contributed by atoms with Crippen molar-refractivity contribution < 1.29 is 4.52 Å². The molecule has 0 fully saturated rings. The van der Waals surface area contributed by atoms with Gasteiger partial charge in [-0.1, -0.05) is 19.0 Å². The Hall–Kier alpha value is -0.440. The highest BCUT2D eigenvalue weighted by atomic mass is 127. The number of guanidine groups is 1. The van der Waals surface area contributed by atoms with Gasteiger partial charge in [0.05, 0.1) is 5.69 Å². The zero-order valence-corrected chi connectivity index (χ0v) is 17.5. The van der Waals surface area contributed by atoms with Crippen molar-refractivity contribution in [3.8, 4) is 0 Å². The third-order valence-electron chi connectivity index (χ3n) is 3.14. The minimum absolute atomic E-state index is 0. The Bertz CT molecular complexity index is 460. The van der Waals surface area contributed by atoms with E-state index in [1.54, 1.807) is 0 Å². The van der Waals surface area contributed by atoms with Gasteiger partial charge >= 0.3 is 0 Å². The van der Waals surface area contributed by atoms with Crippen LogP contribution in [-0.4, -0.2) is 35.2 Å². The Labute approximate surface area is 155 Å². The maximum atomic E-state index is 5.30. The van der Waals surface area contributed by atoms with E-state index in [2.05, 4.69) is 61.7 Å². The predicted molar refractivity (Wildman–Crippen MR) is 106 cm³/mol. The van der Waals surface area contributed by atoms with Crippen molar-refractivity contribution in [2.45, 2.75) is 51.8 Å². The van der Waals surface area contributed by atoms with Gasteiger partial charge in [0.25, 0.3) is 0 Å². The molecule has 2 N–H and O–H groups in total. The molecule has 0 atom stereocenters. The van der Waals surface area contributed by atoms with Crippen LogP contribution in [0.15, 0.2) is 15.6 Å². The topological polar surface area (TPSA) is 62.5 Å². The van der Waals surface area contributed by atoms with Gasteiger partial charge < -0.3 is 15.2 Å². The van der Waals surface area contributed by atoms with Gasteiger partial charge in [-0.15, -0.1) is 24.0 Å². The zero-order valence-electron chi connectivity index (χ0n) is 14.4. The number of rotatable bonds is 7. The van der Waals surface area contributed by atoms with E-state index in [-0.39, 0.29) is 28.7 Å². The summed E-state index contributed by atoms with van der Waals surface area (Å²) in [6.45, 7) is 12.9. The maximum Gasteiger partial charge on any atom is 0.191 e. The second kappa shape index (κ2) is 10.4. The molecule has 0 aliphatic rings. The van der Waals surface area contributed by atoms with Crippen molar-refractivity contribution >= 4 is 41.7 Å². The van der Waals surface area contributed by atoms with Crippen molar-refractivity contribution in [1.82, 2.24) is 15.8 Å². The summed E-state index contributed by atoms with van der Waals surface area (Å²) < 4.78 is 5.48. The summed E-state index contributed by atoms with van der Waals surface area (Å²) in [6.07, 6.45) is 2.12. The van der Waals surface area contributed by atoms with Gasteiger partial charge in [-0.25, -0.2) is 4.99 Å². The van der Waals surface area contributed by atoms with E-state index < -0.39 is 0 Å². The van der Waals surface area contributed by atoms with Gasteiger partial charge in [0.15, 0.2) is 11.7 Å². The summed E-state index contributed by atoms with van der Waals surface area (Å²) in [7, 11) is 0. The van der Waals surface area contributed by atoms with Crippen molar-refractivity contribution in [1.29, 1.82) is 0 Å². The van der Waals surface area contributed by atoms with Crippen LogP contribution in [0.3, 0.4) is 0 Å². The normalized spacial score (nSPS) is 12.2. The van der Waals surface area contributed by atoms with Gasteiger partial charge in [0.1, 0.15) is 6.54 Å². The molecule has 5 nitrogen and oxygen atoms in total. The molecule has 0 spiro atoms. The summed E-state index contributed by atoms with van der Waals surface area (Å²) in [4.78, 5) is 4.55. The van der Waals surface area contributed by atoms with Gasteiger partial charge in [-0.3, -0.25) is 0 Å². The number of hydrogen-bond acceptors (Lipinski definition) is 4. The second-order valence-corrected chi connectivity index (χ2v) is 7.40. The molecular weight excluding hydrogens is 411 g/mol. The lowest BCUT2D eigenvalue weighted by Gasteiger charge is -2.23. The molecule has 0 aliphatic heterocycles. The second-order valence-electron chi connectivity index (χ2n) is 5.89. The highest BCUT2D eigenvalue weighted by Gasteiger charge is 2.16. The summed E-state index contributed by atoms with van der Waals surface area (Å²) in [6, 6.07) is 1.98. The van der Waals surface area contributed by atoms with E-state index in [4.69, 9.17) is 4.52 Å². The number of aromatic nitrogens is 1. The van der Waals surface area contributed by atoms with Crippen LogP contribution in [0.5, 0.6) is 0 Å². The van der Waals surface area contributed by atoms with E-state index in [0.717, 1.165) is 30.5 Å². The smallest absolute Gasteiger partial charge is 0.191 e. The van der Waals surface area contributed by atoms with Crippen molar-refractivity contribution in [3.63, 3.8) is 0 Å². The van der Waals surface area contributed by atoms with Crippen molar-refractivity contribution in [2.75, 3.05) is 19.3 Å². The average molecular weight is 440 g/mol. The van der Waals surface area contributed by atoms with Crippen LogP contribution in [0.25, 0.3) is 0 Å². The lowest BCUT2D eigenvalue weighted by atomic mass is 10.1. The Balaban J connectivity index is 0.00000441. The van der Waals surface area contributed by atoms with E-state index in [1.165, 1.54) is 0 Å². The quantitative estimate of drug-likeness (QED) is 0.385. The molecule has 1 aromatic rings. The minimum Gasteiger partial charge on any atom is -0.359 e. The molecule has 0 bridgehead atoms. The first-order valence-corrected chi connectivity index (χ1v) is 8.63. The molecule has 1 rings (SSSR count). The van der Waals surface area contributed by atoms with Crippen LogP contribution in [0.2, 0.25) is 0 Å². The monoisotopic (exact) mass is 440 g/mol. The van der Waals surface area contributed by atoms with Gasteiger partial charge in [-0.05, 0) is 32.9 Å². The molecule has 7 heteroatoms. The molecule has 0 unspecified atom stereocenters. The van der Waals surface area contributed by atoms with Crippen LogP contribution in [0.1, 0.15) is 52.0 Å². The number of hydrogen-bond donors (Lipinski definition) is 2. The molecule has 128 valence electrons. The van der Waals surface area contributed by atoms with Gasteiger partial charge in [-0.2, -0.15) is 11.8 Å². The van der Waals surface area contributed by atoms with Crippen LogP contribution >= 0.6 is 35.7 Å². The Morgan fingerprint density at radius 3 is 2.59 bits per heavy atom. The molecular formula is C15H29IN4OS. The van der Waals surface area contributed by atoms with E-state index >= 15 is 0 Å². The van der Waals surface area contributed by atoms with Gasteiger partial charge in [0, 0.05) is 23.9 Å². The van der Waals surface area contributed by atoms with E-state index in [9.17, 15) is 0 Å². The van der Waals surface area contributed by atoms with E-state index in [1.807, 2.05) is 17.8 Å². The molecule has 1 aromatic heterocycles. The highest BCUT2D eigenvalue weighted by molar-refractivity contribution is 14.0. The molecule has 0 aromatic carbocycles. The van der Waals surface area contributed by atoms with Crippen LogP contribution in [0.4, 0.5) is 0 Å². The number of nitrogens with one attached hydrogen (secondary N) is 2. The van der Waals surface area contributed by atoms with Crippen molar-refractivity contribution in [3.05, 3.63) is 17.5 Å². The van der Waals surface area contributed by atoms with Crippen LogP contribution in [-0.2, 0) is 6.54 Å². The first kappa shape index (κ1) is 21.6. The molecule has 0 saturated heterocycles. The zero-order chi connectivity index (χ0) is 15.9. The molecule has 1 heterocycles. The first-order valence-electron chi connectivity index (χ1n) is 7.40. The standard InChI is InChI=1S/C15H28N4OS.HI/c1-7-16-14(18-10-15(4,5)21-6)17-9-12-8-13(11(2)3)19-20-12;/h8,11H,7,9-10H2,1-6H3,(H2,16,17,18);1H. The maximum absolute atomic E-state index is 5.30. The van der Waals surface area contributed by atoms with Crippen molar-refractivity contribution in [2.24, 2.45) is 4.99 Å². The first-order chi connectivity index (χ1) is 9.88. The van der Waals surface area contributed by atoms with Gasteiger partial charge in [0.2, 0.25) is 0 Å². The fourth-order valence-corrected chi connectivity index (χ4v) is 1.76. The largest absolute Gasteiger partial charge is 0.359 e. The molecule has 22 heavy (non-hydrogen) atoms. The van der Waals surface area contributed by atoms with Crippen LogP contribution < -0.4 is 10.6 Å². The third kappa shape index (κ3) is 7.71. The summed E-state index contributed by atoms with van der Waals surface area (Å²) in [5.41, 5.74) is 0.974.